The minimum atomic E-state index is -0.554. The molecule has 156 valence electrons. The van der Waals surface area contributed by atoms with Crippen LogP contribution in [0.4, 0.5) is 5.69 Å². The van der Waals surface area contributed by atoms with Crippen LogP contribution in [0.5, 0.6) is 5.75 Å². The number of amides is 1. The fraction of sp³-hybridized carbons (Fsp3) is 0.261. The molecule has 0 fully saturated rings. The number of carbonyl (C=O) groups is 1. The van der Waals surface area contributed by atoms with Gasteiger partial charge in [-0.1, -0.05) is 43.7 Å². The molecular formula is C23H24N2O4S. The summed E-state index contributed by atoms with van der Waals surface area (Å²) in [6.07, 6.45) is 3.31. The lowest BCUT2D eigenvalue weighted by atomic mass is 10.0. The molecular weight excluding hydrogens is 400 g/mol. The highest BCUT2D eigenvalue weighted by Gasteiger charge is 2.22. The number of ether oxygens (including phenoxy) is 1. The molecule has 3 rings (SSSR count). The van der Waals surface area contributed by atoms with E-state index in [-0.39, 0.29) is 28.9 Å². The van der Waals surface area contributed by atoms with E-state index >= 15 is 0 Å². The van der Waals surface area contributed by atoms with Crippen LogP contribution in [0, 0.1) is 10.1 Å². The van der Waals surface area contributed by atoms with Crippen molar-refractivity contribution in [1.29, 1.82) is 0 Å². The smallest absolute Gasteiger partial charge is 0.311 e. The molecule has 0 radical (unpaired) electrons. The molecule has 1 amide bonds. The van der Waals surface area contributed by atoms with Gasteiger partial charge in [-0.2, -0.15) is 0 Å². The average molecular weight is 425 g/mol. The van der Waals surface area contributed by atoms with Crippen molar-refractivity contribution < 1.29 is 14.5 Å². The Morgan fingerprint density at radius 3 is 2.57 bits per heavy atom. The van der Waals surface area contributed by atoms with Gasteiger partial charge in [-0.25, -0.2) is 0 Å². The molecule has 0 aliphatic heterocycles. The van der Waals surface area contributed by atoms with Crippen molar-refractivity contribution >= 4 is 22.9 Å². The van der Waals surface area contributed by atoms with Gasteiger partial charge in [0.15, 0.2) is 5.75 Å². The Morgan fingerprint density at radius 2 is 1.97 bits per heavy atom. The van der Waals surface area contributed by atoms with Gasteiger partial charge in [-0.05, 0) is 47.5 Å². The van der Waals surface area contributed by atoms with E-state index in [0.717, 1.165) is 29.7 Å². The van der Waals surface area contributed by atoms with Crippen LogP contribution in [0.3, 0.4) is 0 Å². The van der Waals surface area contributed by atoms with Gasteiger partial charge in [0, 0.05) is 16.5 Å². The Balaban J connectivity index is 1.87. The van der Waals surface area contributed by atoms with Gasteiger partial charge >= 0.3 is 5.69 Å². The van der Waals surface area contributed by atoms with Crippen molar-refractivity contribution in [1.82, 2.24) is 5.32 Å². The van der Waals surface area contributed by atoms with Crippen LogP contribution < -0.4 is 10.1 Å². The predicted octanol–water partition coefficient (Wildman–Crippen LogP) is 5.53. The number of nitro groups is 1. The van der Waals surface area contributed by atoms with Crippen LogP contribution in [-0.4, -0.2) is 17.9 Å². The van der Waals surface area contributed by atoms with Crippen LogP contribution in [0.2, 0.25) is 0 Å². The summed E-state index contributed by atoms with van der Waals surface area (Å²) in [7, 11) is 1.36. The second-order valence-electron chi connectivity index (χ2n) is 6.91. The maximum atomic E-state index is 12.9. The molecule has 0 aliphatic rings. The van der Waals surface area contributed by atoms with E-state index in [0.29, 0.717) is 0 Å². The number of unbranched alkanes of at least 4 members (excludes halogenated alkanes) is 1. The Labute approximate surface area is 179 Å². The molecule has 1 heterocycles. The third-order valence-corrected chi connectivity index (χ3v) is 5.81. The Hall–Kier alpha value is -3.19. The zero-order valence-electron chi connectivity index (χ0n) is 17.0. The predicted molar refractivity (Wildman–Crippen MR) is 118 cm³/mol. The summed E-state index contributed by atoms with van der Waals surface area (Å²) >= 11 is 1.55. The number of nitrogens with zero attached hydrogens (tertiary/aromatic N) is 1. The molecule has 30 heavy (non-hydrogen) atoms. The fourth-order valence-electron chi connectivity index (χ4n) is 3.22. The highest BCUT2D eigenvalue weighted by atomic mass is 32.1. The lowest BCUT2D eigenvalue weighted by Gasteiger charge is -2.19. The van der Waals surface area contributed by atoms with Crippen LogP contribution in [0.1, 0.15) is 52.2 Å². The Kier molecular flexibility index (Phi) is 7.19. The van der Waals surface area contributed by atoms with Crippen LogP contribution >= 0.6 is 11.3 Å². The zero-order valence-corrected chi connectivity index (χ0v) is 17.8. The maximum Gasteiger partial charge on any atom is 0.311 e. The van der Waals surface area contributed by atoms with E-state index in [9.17, 15) is 14.9 Å². The molecule has 1 unspecified atom stereocenters. The number of aryl methyl sites for hydroxylation is 1. The largest absolute Gasteiger partial charge is 0.490 e. The van der Waals surface area contributed by atoms with E-state index in [1.54, 1.807) is 11.3 Å². The van der Waals surface area contributed by atoms with Gasteiger partial charge in [-0.3, -0.25) is 14.9 Å². The number of hydrogen-bond donors (Lipinski definition) is 1. The maximum absolute atomic E-state index is 12.9. The molecule has 6 nitrogen and oxygen atoms in total. The lowest BCUT2D eigenvalue weighted by molar-refractivity contribution is -0.385. The van der Waals surface area contributed by atoms with Gasteiger partial charge in [-0.15, -0.1) is 11.3 Å². The number of nitro benzene ring substituents is 1. The van der Waals surface area contributed by atoms with E-state index < -0.39 is 4.92 Å². The Bertz CT molecular complexity index is 1000. The molecule has 2 aromatic carbocycles. The first kappa shape index (κ1) is 21.5. The molecule has 1 atom stereocenters. The third-order valence-electron chi connectivity index (χ3n) is 4.87. The summed E-state index contributed by atoms with van der Waals surface area (Å²) < 4.78 is 5.02. The van der Waals surface area contributed by atoms with Crippen molar-refractivity contribution in [3.05, 3.63) is 91.7 Å². The summed E-state index contributed by atoms with van der Waals surface area (Å²) in [5.74, 6) is -0.261. The summed E-state index contributed by atoms with van der Waals surface area (Å²) in [5.41, 5.74) is 2.21. The molecule has 0 spiro atoms. The third kappa shape index (κ3) is 5.04. The normalized spacial score (nSPS) is 11.7. The molecule has 0 saturated carbocycles. The fourth-order valence-corrected chi connectivity index (χ4v) is 4.02. The van der Waals surface area contributed by atoms with E-state index in [4.69, 9.17) is 4.74 Å². The van der Waals surface area contributed by atoms with Crippen LogP contribution in [0.25, 0.3) is 0 Å². The number of thiophene rings is 1. The summed E-state index contributed by atoms with van der Waals surface area (Å²) in [6, 6.07) is 16.0. The van der Waals surface area contributed by atoms with E-state index in [1.807, 2.05) is 29.6 Å². The molecule has 7 heteroatoms. The topological polar surface area (TPSA) is 81.5 Å². The number of carbonyl (C=O) groups excluding carboxylic acids is 1. The van der Waals surface area contributed by atoms with Gasteiger partial charge < -0.3 is 10.1 Å². The lowest BCUT2D eigenvalue weighted by Crippen LogP contribution is -2.28. The number of nitrogens with one attached hydrogen (secondary N) is 1. The first-order valence-corrected chi connectivity index (χ1v) is 10.7. The SMILES string of the molecule is CCCCc1ccc(C(NC(=O)c2ccc(OC)c([N+](=O)[O-])c2)c2cccs2)cc1. The average Bonchev–Trinajstić information content (AvgIpc) is 3.30. The van der Waals surface area contributed by atoms with Crippen molar-refractivity contribution in [3.63, 3.8) is 0 Å². The van der Waals surface area contributed by atoms with Gasteiger partial charge in [0.25, 0.3) is 5.91 Å². The van der Waals surface area contributed by atoms with Crippen molar-refractivity contribution in [2.45, 2.75) is 32.2 Å². The first-order chi connectivity index (χ1) is 14.5. The first-order valence-electron chi connectivity index (χ1n) is 9.79. The second-order valence-corrected chi connectivity index (χ2v) is 7.89. The molecule has 1 aromatic heterocycles. The minimum absolute atomic E-state index is 0.119. The highest BCUT2D eigenvalue weighted by Crippen LogP contribution is 2.30. The molecule has 0 bridgehead atoms. The van der Waals surface area contributed by atoms with Crippen LogP contribution in [0.15, 0.2) is 60.0 Å². The zero-order chi connectivity index (χ0) is 21.5. The van der Waals surface area contributed by atoms with Crippen molar-refractivity contribution in [2.24, 2.45) is 0 Å². The summed E-state index contributed by atoms with van der Waals surface area (Å²) in [6.45, 7) is 2.17. The van der Waals surface area contributed by atoms with Crippen molar-refractivity contribution in [3.8, 4) is 5.75 Å². The second kappa shape index (κ2) is 10.0. The number of benzene rings is 2. The standard InChI is InChI=1S/C23H24N2O4S/c1-3-4-6-16-8-10-17(11-9-16)22(21-7-5-14-30-21)24-23(26)18-12-13-20(29-2)19(15-18)25(27)28/h5,7-15,22H,3-4,6H2,1-2H3,(H,24,26). The van der Waals surface area contributed by atoms with Gasteiger partial charge in [0.1, 0.15) is 0 Å². The van der Waals surface area contributed by atoms with Crippen molar-refractivity contribution in [2.75, 3.05) is 7.11 Å². The van der Waals surface area contributed by atoms with Crippen LogP contribution in [-0.2, 0) is 6.42 Å². The van der Waals surface area contributed by atoms with E-state index in [2.05, 4.69) is 24.4 Å². The monoisotopic (exact) mass is 424 g/mol. The summed E-state index contributed by atoms with van der Waals surface area (Å²) in [5, 5.41) is 16.3. The minimum Gasteiger partial charge on any atom is -0.490 e. The number of rotatable bonds is 9. The molecule has 3 aromatic rings. The number of methoxy groups -OCH3 is 1. The molecule has 0 aliphatic carbocycles. The molecule has 0 saturated heterocycles. The van der Waals surface area contributed by atoms with Gasteiger partial charge in [0.2, 0.25) is 0 Å². The Morgan fingerprint density at radius 1 is 1.20 bits per heavy atom. The molecule has 1 N–H and O–H groups in total. The quantitative estimate of drug-likeness (QED) is 0.362. The number of hydrogen-bond acceptors (Lipinski definition) is 5. The summed E-state index contributed by atoms with van der Waals surface area (Å²) in [4.78, 5) is 24.7. The highest BCUT2D eigenvalue weighted by molar-refractivity contribution is 7.10. The van der Waals surface area contributed by atoms with E-state index in [1.165, 1.54) is 30.9 Å². The van der Waals surface area contributed by atoms with Gasteiger partial charge in [0.05, 0.1) is 18.1 Å².